The second kappa shape index (κ2) is 15.1. The molecule has 2 aromatic heterocycles. The molecule has 3 N–H and O–H groups in total. The molecule has 0 bridgehead atoms. The average molecular weight is 719 g/mol. The minimum absolute atomic E-state index is 0.0473. The number of alkyl halides is 3. The summed E-state index contributed by atoms with van der Waals surface area (Å²) in [5.41, 5.74) is 3.96. The van der Waals surface area contributed by atoms with Crippen molar-refractivity contribution in [3.63, 3.8) is 0 Å². The van der Waals surface area contributed by atoms with Gasteiger partial charge >= 0.3 is 6.18 Å². The molecule has 0 saturated carbocycles. The quantitative estimate of drug-likeness (QED) is 0.0986. The van der Waals surface area contributed by atoms with Gasteiger partial charge in [-0.1, -0.05) is 41.5 Å². The molecule has 0 spiro atoms. The minimum Gasteiger partial charge on any atom is -0.370 e. The summed E-state index contributed by atoms with van der Waals surface area (Å²) in [6, 6.07) is 12.9. The molecule has 10 nitrogen and oxygen atoms in total. The third-order valence-electron chi connectivity index (χ3n) is 7.29. The lowest BCUT2D eigenvalue weighted by Gasteiger charge is -2.26. The van der Waals surface area contributed by atoms with Gasteiger partial charge < -0.3 is 10.6 Å². The number of nitro groups is 1. The van der Waals surface area contributed by atoms with Crippen molar-refractivity contribution in [1.82, 2.24) is 30.8 Å². The number of carbonyl (C=O) groups excluding carboxylic acids is 1. The summed E-state index contributed by atoms with van der Waals surface area (Å²) in [7, 11) is 1.52. The highest BCUT2D eigenvalue weighted by atomic mass is 35.5. The molecule has 16 heteroatoms. The summed E-state index contributed by atoms with van der Waals surface area (Å²) in [6.45, 7) is 1.31. The average Bonchev–Trinajstić information content (AvgIpc) is 3.67. The van der Waals surface area contributed by atoms with Crippen LogP contribution < -0.4 is 16.1 Å². The van der Waals surface area contributed by atoms with Crippen molar-refractivity contribution in [1.29, 1.82) is 0 Å². The number of nitrogens with zero attached hydrogens (tertiary/aromatic N) is 4. The number of amides is 1. The Bertz CT molecular complexity index is 1910. The van der Waals surface area contributed by atoms with E-state index in [1.165, 1.54) is 35.2 Å². The molecule has 1 aliphatic rings. The number of rotatable bonds is 9. The van der Waals surface area contributed by atoms with Crippen LogP contribution in [0.1, 0.15) is 51.3 Å². The number of thiophene rings is 1. The lowest BCUT2D eigenvalue weighted by atomic mass is 10.1. The summed E-state index contributed by atoms with van der Waals surface area (Å²) in [6.07, 6.45) is -0.760. The topological polar surface area (TPSA) is 117 Å². The lowest BCUT2D eigenvalue weighted by Crippen LogP contribution is -2.45. The zero-order valence-corrected chi connectivity index (χ0v) is 27.7. The van der Waals surface area contributed by atoms with Crippen molar-refractivity contribution < 1.29 is 22.9 Å². The molecular weight excluding hydrogens is 690 g/mol. The molecule has 0 unspecified atom stereocenters. The van der Waals surface area contributed by atoms with Gasteiger partial charge in [0.15, 0.2) is 11.5 Å². The number of hydrogen-bond acceptors (Lipinski definition) is 8. The van der Waals surface area contributed by atoms with E-state index in [-0.39, 0.29) is 23.1 Å². The Morgan fingerprint density at radius 3 is 2.46 bits per heavy atom. The predicted molar refractivity (Wildman–Crippen MR) is 178 cm³/mol. The number of nitrogens with one attached hydrogen (secondary N) is 3. The Kier molecular flexibility index (Phi) is 11.0. The lowest BCUT2D eigenvalue weighted by molar-refractivity contribution is -0.404. The van der Waals surface area contributed by atoms with Crippen molar-refractivity contribution in [2.45, 2.75) is 32.0 Å². The van der Waals surface area contributed by atoms with Crippen LogP contribution in [0.25, 0.3) is 16.3 Å². The third-order valence-corrected chi connectivity index (χ3v) is 8.84. The highest BCUT2D eigenvalue weighted by Gasteiger charge is 2.30. The van der Waals surface area contributed by atoms with E-state index in [2.05, 4.69) is 27.9 Å². The van der Waals surface area contributed by atoms with Crippen LogP contribution in [0.2, 0.25) is 10.0 Å². The first-order valence-electron chi connectivity index (χ1n) is 14.6. The molecule has 1 amide bonds. The van der Waals surface area contributed by atoms with E-state index in [1.807, 2.05) is 5.01 Å². The minimum atomic E-state index is -4.45. The van der Waals surface area contributed by atoms with E-state index in [0.717, 1.165) is 37.6 Å². The zero-order valence-electron chi connectivity index (χ0n) is 25.3. The van der Waals surface area contributed by atoms with Gasteiger partial charge in [-0.05, 0) is 67.4 Å². The fraction of sp³-hybridized carbons (Fsp3) is 0.250. The smallest absolute Gasteiger partial charge is 0.370 e. The van der Waals surface area contributed by atoms with Gasteiger partial charge in [-0.2, -0.15) is 18.3 Å². The number of halogens is 5. The Morgan fingerprint density at radius 1 is 1.08 bits per heavy atom. The molecule has 48 heavy (non-hydrogen) atoms. The van der Waals surface area contributed by atoms with E-state index in [0.29, 0.717) is 50.4 Å². The standard InChI is InChI=1S/C32H28Cl2F3N7O3S/c1-38-28(19-43(46)47)39-18-24-29(31(45)41-42-15-3-2-4-16-42)40-44(26-13-10-22(33)17-25(26)34)30(24)27-14-12-23(48-27)11-7-20-5-8-21(9-6-20)32(35,36)37/h5-6,8-10,12-14,17,19,38-39H,2-4,15-16,18H2,1H3,(H,41,45)/b28-19+. The van der Waals surface area contributed by atoms with Crippen LogP contribution in [0.3, 0.4) is 0 Å². The van der Waals surface area contributed by atoms with Gasteiger partial charge in [0.05, 0.1) is 36.6 Å². The summed E-state index contributed by atoms with van der Waals surface area (Å²) in [5, 5.41) is 24.2. The first-order valence-corrected chi connectivity index (χ1v) is 16.2. The molecule has 0 radical (unpaired) electrons. The van der Waals surface area contributed by atoms with Gasteiger partial charge in [0.25, 0.3) is 12.1 Å². The summed E-state index contributed by atoms with van der Waals surface area (Å²) < 4.78 is 40.5. The first-order chi connectivity index (χ1) is 22.9. The Morgan fingerprint density at radius 2 is 1.81 bits per heavy atom. The van der Waals surface area contributed by atoms with Crippen molar-refractivity contribution in [2.24, 2.45) is 0 Å². The van der Waals surface area contributed by atoms with Crippen LogP contribution in [-0.4, -0.2) is 45.8 Å². The van der Waals surface area contributed by atoms with Gasteiger partial charge in [0.1, 0.15) is 0 Å². The van der Waals surface area contributed by atoms with Crippen LogP contribution in [-0.2, 0) is 12.7 Å². The molecule has 4 aromatic rings. The number of aromatic nitrogens is 2. The molecule has 5 rings (SSSR count). The number of hydrazine groups is 1. The molecular formula is C32H28Cl2F3N7O3S. The van der Waals surface area contributed by atoms with Crippen LogP contribution in [0.5, 0.6) is 0 Å². The van der Waals surface area contributed by atoms with Crippen molar-refractivity contribution in [3.05, 3.63) is 114 Å². The van der Waals surface area contributed by atoms with E-state index >= 15 is 0 Å². The van der Waals surface area contributed by atoms with E-state index in [9.17, 15) is 28.1 Å². The zero-order chi connectivity index (χ0) is 34.4. The molecule has 1 saturated heterocycles. The third kappa shape index (κ3) is 8.48. The molecule has 0 atom stereocenters. The normalized spacial score (nSPS) is 13.8. The second-order valence-electron chi connectivity index (χ2n) is 10.6. The molecule has 1 fully saturated rings. The van der Waals surface area contributed by atoms with E-state index in [1.54, 1.807) is 30.3 Å². The summed E-state index contributed by atoms with van der Waals surface area (Å²) >= 11 is 14.1. The van der Waals surface area contributed by atoms with Crippen LogP contribution in [0, 0.1) is 22.0 Å². The molecule has 3 heterocycles. The number of piperidine rings is 1. The monoisotopic (exact) mass is 717 g/mol. The fourth-order valence-electron chi connectivity index (χ4n) is 4.98. The van der Waals surface area contributed by atoms with Gasteiger partial charge in [-0.3, -0.25) is 20.3 Å². The predicted octanol–water partition coefficient (Wildman–Crippen LogP) is 6.84. The highest BCUT2D eigenvalue weighted by molar-refractivity contribution is 7.16. The molecule has 250 valence electrons. The van der Waals surface area contributed by atoms with E-state index < -0.39 is 22.6 Å². The van der Waals surface area contributed by atoms with Crippen molar-refractivity contribution in [2.75, 3.05) is 20.1 Å². The van der Waals surface area contributed by atoms with Gasteiger partial charge in [0.2, 0.25) is 0 Å². The number of carbonyl (C=O) groups is 1. The molecule has 2 aromatic carbocycles. The Hall–Kier alpha value is -4.55. The first kappa shape index (κ1) is 34.8. The number of benzene rings is 2. The van der Waals surface area contributed by atoms with Crippen molar-refractivity contribution in [3.8, 4) is 28.1 Å². The maximum Gasteiger partial charge on any atom is 0.416 e. The van der Waals surface area contributed by atoms with Gasteiger partial charge in [-0.15, -0.1) is 11.3 Å². The van der Waals surface area contributed by atoms with Gasteiger partial charge in [0, 0.05) is 42.8 Å². The molecule has 0 aliphatic carbocycles. The molecule has 1 aliphatic heterocycles. The van der Waals surface area contributed by atoms with Crippen LogP contribution in [0.4, 0.5) is 13.2 Å². The Balaban J connectivity index is 1.61. The maximum atomic E-state index is 13.8. The maximum absolute atomic E-state index is 13.8. The van der Waals surface area contributed by atoms with Crippen molar-refractivity contribution >= 4 is 40.4 Å². The SMILES string of the molecule is CN/C(=C\[N+](=O)[O-])NCc1c(C(=O)NN2CCCCC2)nn(-c2ccc(Cl)cc2Cl)c1-c1ccc(C#Cc2ccc(C(F)(F)F)cc2)s1. The summed E-state index contributed by atoms with van der Waals surface area (Å²) in [5.74, 6) is 5.51. The second-order valence-corrected chi connectivity index (χ2v) is 12.5. The van der Waals surface area contributed by atoms with Crippen LogP contribution in [0.15, 0.2) is 66.6 Å². The summed E-state index contributed by atoms with van der Waals surface area (Å²) in [4.78, 5) is 25.6. The largest absolute Gasteiger partial charge is 0.416 e. The number of hydrogen-bond donors (Lipinski definition) is 3. The van der Waals surface area contributed by atoms with Gasteiger partial charge in [-0.25, -0.2) is 9.69 Å². The Labute approximate surface area is 287 Å². The highest BCUT2D eigenvalue weighted by Crippen LogP contribution is 2.37. The fourth-order valence-corrected chi connectivity index (χ4v) is 6.39. The van der Waals surface area contributed by atoms with E-state index in [4.69, 9.17) is 28.3 Å². The van der Waals surface area contributed by atoms with Crippen LogP contribution >= 0.6 is 34.5 Å².